The minimum Gasteiger partial charge on any atom is -0.310 e. The van der Waals surface area contributed by atoms with E-state index in [1.54, 1.807) is 12.1 Å². The third-order valence-corrected chi connectivity index (χ3v) is 13.4. The van der Waals surface area contributed by atoms with Gasteiger partial charge in [0.1, 0.15) is 5.82 Å². The highest BCUT2D eigenvalue weighted by molar-refractivity contribution is 6.07. The van der Waals surface area contributed by atoms with Crippen LogP contribution in [0, 0.1) is 5.82 Å². The van der Waals surface area contributed by atoms with Crippen molar-refractivity contribution in [3.63, 3.8) is 0 Å². The lowest BCUT2D eigenvalue weighted by atomic mass is 9.67. The van der Waals surface area contributed by atoms with E-state index in [0.29, 0.717) is 0 Å². The monoisotopic (exact) mass is 831 g/mol. The lowest BCUT2D eigenvalue weighted by Crippen LogP contribution is -2.28. The van der Waals surface area contributed by atoms with Crippen LogP contribution in [0.5, 0.6) is 0 Å². The molecular weight excluding hydrogens is 790 g/mol. The molecule has 0 heterocycles. The highest BCUT2D eigenvalue weighted by atomic mass is 19.1. The van der Waals surface area contributed by atoms with E-state index in [9.17, 15) is 4.39 Å². The predicted octanol–water partition coefficient (Wildman–Crippen LogP) is 17.0. The number of fused-ring (bicyclic) bond motifs is 5. The number of anilines is 3. The summed E-state index contributed by atoms with van der Waals surface area (Å²) in [5.74, 6) is -0.245. The van der Waals surface area contributed by atoms with Crippen LogP contribution in [0.15, 0.2) is 255 Å². The van der Waals surface area contributed by atoms with E-state index in [0.717, 1.165) is 55.7 Å². The van der Waals surface area contributed by atoms with Gasteiger partial charge in [-0.2, -0.15) is 0 Å². The maximum atomic E-state index is 14.6. The Bertz CT molecular complexity index is 3510. The fourth-order valence-corrected chi connectivity index (χ4v) is 10.6. The Hall–Kier alpha value is -8.33. The summed E-state index contributed by atoms with van der Waals surface area (Å²) in [5, 5.41) is 4.62. The Morgan fingerprint density at radius 2 is 0.862 bits per heavy atom. The normalized spacial score (nSPS) is 12.5. The maximum absolute atomic E-state index is 14.6. The number of halogens is 1. The molecule has 11 aromatic rings. The minimum atomic E-state index is -0.553. The number of nitrogens with zero attached hydrogens (tertiary/aromatic N) is 1. The van der Waals surface area contributed by atoms with Crippen LogP contribution in [0.3, 0.4) is 0 Å². The number of hydrogen-bond donors (Lipinski definition) is 0. The molecule has 0 radical (unpaired) electrons. The average molecular weight is 832 g/mol. The third-order valence-electron chi connectivity index (χ3n) is 13.4. The van der Waals surface area contributed by atoms with Crippen molar-refractivity contribution >= 4 is 38.6 Å². The zero-order valence-corrected chi connectivity index (χ0v) is 35.6. The van der Waals surface area contributed by atoms with Gasteiger partial charge < -0.3 is 4.90 Å². The molecule has 0 N–H and O–H groups in total. The summed E-state index contributed by atoms with van der Waals surface area (Å²) in [6, 6.07) is 90.7. The SMILES string of the molecule is Fc1cccc(-c2cccc3cccc(-c4ccc(N(c5ccc6c(c5)C(c5ccccc5)(c5ccccc5)c5ccccc5-6)c5ccccc5-c5cccc6ccccc56)cc4)c23)c1. The Kier molecular flexibility index (Phi) is 9.31. The summed E-state index contributed by atoms with van der Waals surface area (Å²) in [5.41, 5.74) is 16.5. The first kappa shape index (κ1) is 38.4. The number of rotatable bonds is 8. The van der Waals surface area contributed by atoms with Crippen molar-refractivity contribution in [2.75, 3.05) is 4.90 Å². The first-order valence-electron chi connectivity index (χ1n) is 22.3. The van der Waals surface area contributed by atoms with Crippen molar-refractivity contribution in [1.82, 2.24) is 0 Å². The molecule has 0 aromatic heterocycles. The van der Waals surface area contributed by atoms with E-state index in [1.165, 1.54) is 55.8 Å². The van der Waals surface area contributed by atoms with Crippen molar-refractivity contribution in [2.45, 2.75) is 5.41 Å². The molecule has 0 unspecified atom stereocenters. The van der Waals surface area contributed by atoms with Gasteiger partial charge in [0.05, 0.1) is 11.1 Å². The van der Waals surface area contributed by atoms with Crippen molar-refractivity contribution in [3.8, 4) is 44.5 Å². The molecule has 12 rings (SSSR count). The molecule has 0 fully saturated rings. The summed E-state index contributed by atoms with van der Waals surface area (Å²) in [6.45, 7) is 0. The molecule has 306 valence electrons. The van der Waals surface area contributed by atoms with Gasteiger partial charge >= 0.3 is 0 Å². The number of hydrogen-bond acceptors (Lipinski definition) is 1. The minimum absolute atomic E-state index is 0.245. The molecule has 65 heavy (non-hydrogen) atoms. The summed E-state index contributed by atoms with van der Waals surface area (Å²) in [7, 11) is 0. The van der Waals surface area contributed by atoms with Crippen LogP contribution in [0.1, 0.15) is 22.3 Å². The molecule has 0 aliphatic heterocycles. The first-order chi connectivity index (χ1) is 32.2. The third kappa shape index (κ3) is 6.29. The Morgan fingerprint density at radius 1 is 0.323 bits per heavy atom. The molecule has 0 spiro atoms. The molecule has 0 saturated carbocycles. The van der Waals surface area contributed by atoms with Gasteiger partial charge in [0.25, 0.3) is 0 Å². The average Bonchev–Trinajstić information content (AvgIpc) is 3.67. The zero-order chi connectivity index (χ0) is 43.3. The van der Waals surface area contributed by atoms with E-state index in [4.69, 9.17) is 0 Å². The molecule has 2 heteroatoms. The summed E-state index contributed by atoms with van der Waals surface area (Å²) in [4.78, 5) is 2.44. The van der Waals surface area contributed by atoms with E-state index in [1.807, 2.05) is 6.07 Å². The molecule has 0 bridgehead atoms. The Morgan fingerprint density at radius 3 is 1.60 bits per heavy atom. The Balaban J connectivity index is 1.09. The second kappa shape index (κ2) is 15.8. The van der Waals surface area contributed by atoms with Crippen LogP contribution in [0.4, 0.5) is 21.5 Å². The predicted molar refractivity (Wildman–Crippen MR) is 270 cm³/mol. The largest absolute Gasteiger partial charge is 0.310 e. The van der Waals surface area contributed by atoms with Crippen LogP contribution >= 0.6 is 0 Å². The van der Waals surface area contributed by atoms with E-state index < -0.39 is 5.41 Å². The van der Waals surface area contributed by atoms with Crippen molar-refractivity contribution in [2.24, 2.45) is 0 Å². The first-order valence-corrected chi connectivity index (χ1v) is 22.3. The molecule has 0 saturated heterocycles. The fraction of sp³-hybridized carbons (Fsp3) is 0.0159. The van der Waals surface area contributed by atoms with E-state index >= 15 is 0 Å². The van der Waals surface area contributed by atoms with Crippen molar-refractivity contribution < 1.29 is 4.39 Å². The lowest BCUT2D eigenvalue weighted by molar-refractivity contribution is 0.628. The maximum Gasteiger partial charge on any atom is 0.123 e. The van der Waals surface area contributed by atoms with Gasteiger partial charge in [0.2, 0.25) is 0 Å². The standard InChI is InChI=1S/C63H42FN/c64-49-26-13-21-46(41-49)54-31-16-20-45-19-15-30-53(62(45)54)44-35-37-50(38-36-44)65(61-34-12-10-29-58(61)55-32-14-18-43-17-7-8-27-52(43)55)51-39-40-57-56-28-9-11-33-59(56)63(60(57)42-51,47-22-3-1-4-23-47)48-24-5-2-6-25-48/h1-42H. The summed E-state index contributed by atoms with van der Waals surface area (Å²) >= 11 is 0. The van der Waals surface area contributed by atoms with E-state index in [-0.39, 0.29) is 5.82 Å². The zero-order valence-electron chi connectivity index (χ0n) is 35.6. The molecule has 0 amide bonds. The summed E-state index contributed by atoms with van der Waals surface area (Å²) < 4.78 is 14.6. The van der Waals surface area contributed by atoms with Gasteiger partial charge in [0.15, 0.2) is 0 Å². The second-order valence-corrected chi connectivity index (χ2v) is 16.9. The molecule has 0 atom stereocenters. The van der Waals surface area contributed by atoms with Crippen LogP contribution < -0.4 is 4.90 Å². The molecule has 1 nitrogen and oxygen atoms in total. The van der Waals surface area contributed by atoms with Crippen LogP contribution in [0.2, 0.25) is 0 Å². The number of benzene rings is 11. The second-order valence-electron chi connectivity index (χ2n) is 16.9. The molecule has 11 aromatic carbocycles. The van der Waals surface area contributed by atoms with Gasteiger partial charge in [0, 0.05) is 16.9 Å². The lowest BCUT2D eigenvalue weighted by Gasteiger charge is -2.35. The topological polar surface area (TPSA) is 3.24 Å². The van der Waals surface area contributed by atoms with Crippen molar-refractivity contribution in [3.05, 3.63) is 283 Å². The van der Waals surface area contributed by atoms with Crippen molar-refractivity contribution in [1.29, 1.82) is 0 Å². The van der Waals surface area contributed by atoms with Gasteiger partial charge in [-0.3, -0.25) is 0 Å². The summed E-state index contributed by atoms with van der Waals surface area (Å²) in [6.07, 6.45) is 0. The number of para-hydroxylation sites is 1. The van der Waals surface area contributed by atoms with Crippen LogP contribution in [0.25, 0.3) is 66.1 Å². The van der Waals surface area contributed by atoms with Gasteiger partial charge in [-0.05, 0) is 125 Å². The molecule has 1 aliphatic rings. The van der Waals surface area contributed by atoms with Crippen LogP contribution in [-0.2, 0) is 5.41 Å². The highest BCUT2D eigenvalue weighted by Crippen LogP contribution is 2.57. The van der Waals surface area contributed by atoms with Gasteiger partial charge in [-0.1, -0.05) is 212 Å². The molecular formula is C63H42FN. The highest BCUT2D eigenvalue weighted by Gasteiger charge is 2.46. The smallest absolute Gasteiger partial charge is 0.123 e. The van der Waals surface area contributed by atoms with E-state index in [2.05, 4.69) is 235 Å². The van der Waals surface area contributed by atoms with Crippen LogP contribution in [-0.4, -0.2) is 0 Å². The fourth-order valence-electron chi connectivity index (χ4n) is 10.6. The quantitative estimate of drug-likeness (QED) is 0.147. The van der Waals surface area contributed by atoms with Gasteiger partial charge in [-0.15, -0.1) is 0 Å². The molecule has 1 aliphatic carbocycles. The Labute approximate surface area is 379 Å². The van der Waals surface area contributed by atoms with Gasteiger partial charge in [-0.25, -0.2) is 4.39 Å².